The molecule has 1 N–H and O–H groups in total. The monoisotopic (exact) mass is 440 g/mol. The summed E-state index contributed by atoms with van der Waals surface area (Å²) in [5, 5.41) is 4.46. The lowest BCUT2D eigenvalue weighted by Gasteiger charge is -2.11. The minimum atomic E-state index is -0.641. The van der Waals surface area contributed by atoms with Crippen LogP contribution in [0, 0.1) is 5.82 Å². The molecule has 3 aromatic rings. The van der Waals surface area contributed by atoms with Crippen molar-refractivity contribution >= 4 is 29.7 Å². The zero-order chi connectivity index (χ0) is 22.2. The van der Waals surface area contributed by atoms with Gasteiger partial charge in [-0.05, 0) is 79.2 Å². The number of nitrogens with one attached hydrogen (secondary N) is 1. The van der Waals surface area contributed by atoms with Gasteiger partial charge in [-0.2, -0.15) is 5.10 Å². The summed E-state index contributed by atoms with van der Waals surface area (Å²) < 4.78 is 24.0. The Kier molecular flexibility index (Phi) is 7.35. The van der Waals surface area contributed by atoms with Gasteiger partial charge >= 0.3 is 5.97 Å². The number of carbonyl (C=O) groups excluding carboxylic acids is 2. The zero-order valence-electron chi connectivity index (χ0n) is 16.5. The number of amides is 1. The molecule has 8 heteroatoms. The second-order valence-electron chi connectivity index (χ2n) is 6.24. The molecular formula is C23H18ClFN2O4. The van der Waals surface area contributed by atoms with Crippen molar-refractivity contribution in [2.45, 2.75) is 6.92 Å². The van der Waals surface area contributed by atoms with Crippen molar-refractivity contribution in [3.63, 3.8) is 0 Å². The first-order valence-electron chi connectivity index (χ1n) is 9.30. The number of hydrogen-bond acceptors (Lipinski definition) is 5. The van der Waals surface area contributed by atoms with E-state index in [2.05, 4.69) is 10.5 Å². The molecule has 0 aromatic heterocycles. The minimum absolute atomic E-state index is 0.207. The van der Waals surface area contributed by atoms with E-state index in [1.807, 2.05) is 0 Å². The van der Waals surface area contributed by atoms with Crippen LogP contribution in [0.1, 0.15) is 33.2 Å². The molecule has 31 heavy (non-hydrogen) atoms. The Morgan fingerprint density at radius 1 is 1.00 bits per heavy atom. The van der Waals surface area contributed by atoms with Crippen molar-refractivity contribution in [3.8, 4) is 11.5 Å². The predicted molar refractivity (Wildman–Crippen MR) is 115 cm³/mol. The van der Waals surface area contributed by atoms with E-state index in [4.69, 9.17) is 21.1 Å². The molecule has 6 nitrogen and oxygen atoms in total. The second kappa shape index (κ2) is 10.4. The fourth-order valence-electron chi connectivity index (χ4n) is 2.53. The van der Waals surface area contributed by atoms with Crippen molar-refractivity contribution in [1.29, 1.82) is 0 Å². The molecule has 0 unspecified atom stereocenters. The van der Waals surface area contributed by atoms with Crippen LogP contribution < -0.4 is 14.9 Å². The van der Waals surface area contributed by atoms with Crippen LogP contribution in [0.25, 0.3) is 0 Å². The lowest BCUT2D eigenvalue weighted by atomic mass is 10.2. The highest BCUT2D eigenvalue weighted by atomic mass is 35.5. The average molecular weight is 441 g/mol. The Labute approximate surface area is 183 Å². The third kappa shape index (κ3) is 6.13. The topological polar surface area (TPSA) is 77.0 Å². The Bertz CT molecular complexity index is 1100. The van der Waals surface area contributed by atoms with E-state index in [-0.39, 0.29) is 17.2 Å². The molecule has 0 aliphatic rings. The molecule has 3 rings (SSSR count). The summed E-state index contributed by atoms with van der Waals surface area (Å²) in [5.74, 6) is -0.941. The third-order valence-corrected chi connectivity index (χ3v) is 4.29. The predicted octanol–water partition coefficient (Wildman–Crippen LogP) is 4.86. The summed E-state index contributed by atoms with van der Waals surface area (Å²) >= 11 is 5.81. The molecule has 0 atom stereocenters. The standard InChI is InChI=1S/C23H18ClFN2O4/c1-2-30-21-13-15(14-26-27-22(28)16-4-8-18(24)9-5-16)3-12-20(21)31-23(29)17-6-10-19(25)11-7-17/h3-14H,2H2,1H3,(H,27,28). The maximum Gasteiger partial charge on any atom is 0.343 e. The molecule has 0 heterocycles. The first-order chi connectivity index (χ1) is 15.0. The number of nitrogens with zero attached hydrogens (tertiary/aromatic N) is 1. The summed E-state index contributed by atoms with van der Waals surface area (Å²) in [4.78, 5) is 24.4. The molecule has 0 saturated carbocycles. The normalized spacial score (nSPS) is 10.7. The van der Waals surface area contributed by atoms with E-state index >= 15 is 0 Å². The van der Waals surface area contributed by atoms with Crippen LogP contribution in [0.2, 0.25) is 5.02 Å². The van der Waals surface area contributed by atoms with Crippen LogP contribution in [0.15, 0.2) is 71.8 Å². The van der Waals surface area contributed by atoms with E-state index in [9.17, 15) is 14.0 Å². The summed E-state index contributed by atoms with van der Waals surface area (Å²) in [6.45, 7) is 2.13. The van der Waals surface area contributed by atoms with Gasteiger partial charge in [0.1, 0.15) is 5.82 Å². The molecule has 0 spiro atoms. The Hall–Kier alpha value is -3.71. The Morgan fingerprint density at radius 2 is 1.68 bits per heavy atom. The Balaban J connectivity index is 1.69. The number of halogens is 2. The average Bonchev–Trinajstić information content (AvgIpc) is 2.76. The number of ether oxygens (including phenoxy) is 2. The summed E-state index contributed by atoms with van der Waals surface area (Å²) in [5.41, 5.74) is 3.66. The number of hydrogen-bond donors (Lipinski definition) is 1. The van der Waals surface area contributed by atoms with Gasteiger partial charge in [-0.15, -0.1) is 0 Å². The number of rotatable bonds is 7. The number of hydrazone groups is 1. The molecule has 0 aliphatic heterocycles. The molecular weight excluding hydrogens is 423 g/mol. The molecule has 3 aromatic carbocycles. The number of benzene rings is 3. The van der Waals surface area contributed by atoms with E-state index < -0.39 is 11.8 Å². The fourth-order valence-corrected chi connectivity index (χ4v) is 2.66. The lowest BCUT2D eigenvalue weighted by Crippen LogP contribution is -2.17. The largest absolute Gasteiger partial charge is 0.490 e. The van der Waals surface area contributed by atoms with Gasteiger partial charge in [0.25, 0.3) is 5.91 Å². The van der Waals surface area contributed by atoms with Gasteiger partial charge in [-0.3, -0.25) is 4.79 Å². The highest BCUT2D eigenvalue weighted by Gasteiger charge is 2.13. The van der Waals surface area contributed by atoms with Crippen LogP contribution in [-0.4, -0.2) is 24.7 Å². The maximum absolute atomic E-state index is 13.0. The molecule has 0 saturated heterocycles. The Morgan fingerprint density at radius 3 is 2.35 bits per heavy atom. The van der Waals surface area contributed by atoms with Crippen LogP contribution >= 0.6 is 11.6 Å². The highest BCUT2D eigenvalue weighted by molar-refractivity contribution is 6.30. The maximum atomic E-state index is 13.0. The molecule has 0 radical (unpaired) electrons. The van der Waals surface area contributed by atoms with Crippen molar-refractivity contribution < 1.29 is 23.5 Å². The fraction of sp³-hybridized carbons (Fsp3) is 0.0870. The van der Waals surface area contributed by atoms with E-state index in [1.165, 1.54) is 30.5 Å². The van der Waals surface area contributed by atoms with Gasteiger partial charge in [0.05, 0.1) is 18.4 Å². The quantitative estimate of drug-likeness (QED) is 0.246. The van der Waals surface area contributed by atoms with Gasteiger partial charge < -0.3 is 9.47 Å². The highest BCUT2D eigenvalue weighted by Crippen LogP contribution is 2.29. The smallest absolute Gasteiger partial charge is 0.343 e. The summed E-state index contributed by atoms with van der Waals surface area (Å²) in [6.07, 6.45) is 1.43. The number of carbonyl (C=O) groups is 2. The molecule has 0 fully saturated rings. The van der Waals surface area contributed by atoms with Crippen LogP contribution in [0.4, 0.5) is 4.39 Å². The minimum Gasteiger partial charge on any atom is -0.490 e. The third-order valence-electron chi connectivity index (χ3n) is 4.04. The summed E-state index contributed by atoms with van der Waals surface area (Å²) in [7, 11) is 0. The molecule has 0 bridgehead atoms. The SMILES string of the molecule is CCOc1cc(C=NNC(=O)c2ccc(Cl)cc2)ccc1OC(=O)c1ccc(F)cc1. The van der Waals surface area contributed by atoms with Gasteiger partial charge in [0, 0.05) is 10.6 Å². The van der Waals surface area contributed by atoms with Gasteiger partial charge in [-0.25, -0.2) is 14.6 Å². The van der Waals surface area contributed by atoms with Gasteiger partial charge in [0.15, 0.2) is 11.5 Å². The van der Waals surface area contributed by atoms with Crippen molar-refractivity contribution in [3.05, 3.63) is 94.3 Å². The van der Waals surface area contributed by atoms with Crippen molar-refractivity contribution in [1.82, 2.24) is 5.43 Å². The molecule has 1 amide bonds. The first-order valence-corrected chi connectivity index (χ1v) is 9.67. The van der Waals surface area contributed by atoms with Crippen LogP contribution in [-0.2, 0) is 0 Å². The van der Waals surface area contributed by atoms with E-state index in [1.54, 1.807) is 49.4 Å². The van der Waals surface area contributed by atoms with E-state index in [0.717, 1.165) is 0 Å². The summed E-state index contributed by atoms with van der Waals surface area (Å²) in [6, 6.07) is 16.2. The van der Waals surface area contributed by atoms with Crippen LogP contribution in [0.3, 0.4) is 0 Å². The van der Waals surface area contributed by atoms with Gasteiger partial charge in [0.2, 0.25) is 0 Å². The second-order valence-corrected chi connectivity index (χ2v) is 6.68. The molecule has 0 aliphatic carbocycles. The first kappa shape index (κ1) is 22.0. The van der Waals surface area contributed by atoms with Gasteiger partial charge in [-0.1, -0.05) is 11.6 Å². The lowest BCUT2D eigenvalue weighted by molar-refractivity contribution is 0.0728. The van der Waals surface area contributed by atoms with E-state index in [0.29, 0.717) is 28.5 Å². The van der Waals surface area contributed by atoms with Crippen LogP contribution in [0.5, 0.6) is 11.5 Å². The van der Waals surface area contributed by atoms with Crippen molar-refractivity contribution in [2.75, 3.05) is 6.61 Å². The zero-order valence-corrected chi connectivity index (χ0v) is 17.2. The number of esters is 1. The van der Waals surface area contributed by atoms with Crippen molar-refractivity contribution in [2.24, 2.45) is 5.10 Å². The molecule has 158 valence electrons.